The van der Waals surface area contributed by atoms with Gasteiger partial charge >= 0.3 is 0 Å². The third-order valence-electron chi connectivity index (χ3n) is 4.04. The predicted octanol–water partition coefficient (Wildman–Crippen LogP) is 2.11. The van der Waals surface area contributed by atoms with Crippen LogP contribution >= 0.6 is 23.4 Å². The molecule has 2 aliphatic heterocycles. The van der Waals surface area contributed by atoms with Crippen molar-refractivity contribution in [1.29, 1.82) is 0 Å². The summed E-state index contributed by atoms with van der Waals surface area (Å²) in [5, 5.41) is 0.0596. The summed E-state index contributed by atoms with van der Waals surface area (Å²) in [7, 11) is -3.70. The van der Waals surface area contributed by atoms with E-state index in [4.69, 9.17) is 11.6 Å². The Bertz CT molecular complexity index is 765. The molecule has 0 aliphatic carbocycles. The van der Waals surface area contributed by atoms with Crippen LogP contribution < -0.4 is 0 Å². The molecule has 0 aromatic heterocycles. The number of halogens is 1. The lowest BCUT2D eigenvalue weighted by molar-refractivity contribution is -0.126. The molecule has 3 rings (SSSR count). The van der Waals surface area contributed by atoms with Crippen LogP contribution in [-0.4, -0.2) is 53.7 Å². The van der Waals surface area contributed by atoms with Gasteiger partial charge in [0, 0.05) is 18.1 Å². The third kappa shape index (κ3) is 3.00. The number of imide groups is 1. The lowest BCUT2D eigenvalue weighted by atomic mass is 10.2. The largest absolute Gasteiger partial charge is 0.289 e. The average Bonchev–Trinajstić information content (AvgIpc) is 3.09. The van der Waals surface area contributed by atoms with Crippen molar-refractivity contribution in [2.45, 2.75) is 24.3 Å². The maximum Gasteiger partial charge on any atom is 0.289 e. The molecule has 1 atom stereocenters. The molecule has 6 nitrogen and oxygen atoms in total. The first kappa shape index (κ1) is 16.8. The summed E-state index contributed by atoms with van der Waals surface area (Å²) in [6.07, 6.45) is 0.455. The van der Waals surface area contributed by atoms with E-state index in [1.165, 1.54) is 15.3 Å². The summed E-state index contributed by atoms with van der Waals surface area (Å²) in [6.45, 7) is 2.12. The van der Waals surface area contributed by atoms with Crippen LogP contribution in [0, 0.1) is 6.92 Å². The van der Waals surface area contributed by atoms with E-state index in [2.05, 4.69) is 0 Å². The van der Waals surface area contributed by atoms with Gasteiger partial charge in [0.15, 0.2) is 0 Å². The molecule has 0 spiro atoms. The molecule has 1 aromatic carbocycles. The standard InChI is InChI=1S/C14H15ClN2O4S2/c1-9-2-3-10(15)6-12(9)23(20,21)16-5-4-11(7-16)17-13(18)8-22-14(17)19/h2-3,6,11H,4-5,7-8H2,1H3. The number of carbonyl (C=O) groups excluding carboxylic acids is 2. The van der Waals surface area contributed by atoms with Crippen molar-refractivity contribution in [3.8, 4) is 0 Å². The number of carbonyl (C=O) groups is 2. The van der Waals surface area contributed by atoms with Crippen LogP contribution in [-0.2, 0) is 14.8 Å². The molecule has 9 heteroatoms. The Morgan fingerprint density at radius 3 is 2.70 bits per heavy atom. The van der Waals surface area contributed by atoms with E-state index in [1.54, 1.807) is 19.1 Å². The topological polar surface area (TPSA) is 74.8 Å². The number of amides is 2. The number of hydrogen-bond acceptors (Lipinski definition) is 5. The van der Waals surface area contributed by atoms with Gasteiger partial charge in [0.05, 0.1) is 16.7 Å². The second kappa shape index (κ2) is 6.08. The smallest absolute Gasteiger partial charge is 0.273 e. The van der Waals surface area contributed by atoms with Gasteiger partial charge in [-0.15, -0.1) is 0 Å². The van der Waals surface area contributed by atoms with Crippen LogP contribution in [0.5, 0.6) is 0 Å². The van der Waals surface area contributed by atoms with E-state index < -0.39 is 10.0 Å². The van der Waals surface area contributed by atoms with E-state index in [0.29, 0.717) is 17.0 Å². The molecule has 1 unspecified atom stereocenters. The number of rotatable bonds is 3. The summed E-state index contributed by atoms with van der Waals surface area (Å²) < 4.78 is 26.9. The number of benzene rings is 1. The van der Waals surface area contributed by atoms with Crippen LogP contribution in [0.15, 0.2) is 23.1 Å². The van der Waals surface area contributed by atoms with Gasteiger partial charge in [-0.2, -0.15) is 4.31 Å². The zero-order valence-electron chi connectivity index (χ0n) is 12.4. The normalized spacial score (nSPS) is 23.0. The lowest BCUT2D eigenvalue weighted by Crippen LogP contribution is -2.41. The number of thioether (sulfide) groups is 1. The molecule has 2 saturated heterocycles. The van der Waals surface area contributed by atoms with Gasteiger partial charge in [0.1, 0.15) is 0 Å². The first-order chi connectivity index (χ1) is 10.8. The SMILES string of the molecule is Cc1ccc(Cl)cc1S(=O)(=O)N1CCC(N2C(=O)CSC2=O)C1. The maximum atomic E-state index is 12.8. The van der Waals surface area contributed by atoms with Gasteiger partial charge in [-0.3, -0.25) is 14.5 Å². The highest BCUT2D eigenvalue weighted by Gasteiger charge is 2.42. The molecule has 124 valence electrons. The quantitative estimate of drug-likeness (QED) is 0.810. The Labute approximate surface area is 143 Å². The minimum absolute atomic E-state index is 0.131. The zero-order chi connectivity index (χ0) is 16.8. The van der Waals surface area contributed by atoms with E-state index >= 15 is 0 Å². The van der Waals surface area contributed by atoms with E-state index in [1.807, 2.05) is 0 Å². The monoisotopic (exact) mass is 374 g/mol. The van der Waals surface area contributed by atoms with E-state index in [9.17, 15) is 18.0 Å². The van der Waals surface area contributed by atoms with Gasteiger partial charge in [-0.1, -0.05) is 29.4 Å². The maximum absolute atomic E-state index is 12.8. The van der Waals surface area contributed by atoms with Crippen molar-refractivity contribution in [1.82, 2.24) is 9.21 Å². The van der Waals surface area contributed by atoms with Crippen molar-refractivity contribution in [2.75, 3.05) is 18.8 Å². The highest BCUT2D eigenvalue weighted by molar-refractivity contribution is 8.14. The summed E-state index contributed by atoms with van der Waals surface area (Å²) in [5.41, 5.74) is 0.613. The molecule has 2 fully saturated rings. The fraction of sp³-hybridized carbons (Fsp3) is 0.429. The van der Waals surface area contributed by atoms with Crippen LogP contribution in [0.25, 0.3) is 0 Å². The zero-order valence-corrected chi connectivity index (χ0v) is 14.7. The van der Waals surface area contributed by atoms with E-state index in [0.717, 1.165) is 11.8 Å². The van der Waals surface area contributed by atoms with E-state index in [-0.39, 0.29) is 40.9 Å². The Hall–Kier alpha value is -1.09. The van der Waals surface area contributed by atoms with Crippen LogP contribution in [0.4, 0.5) is 4.79 Å². The van der Waals surface area contributed by atoms with Crippen molar-refractivity contribution in [3.05, 3.63) is 28.8 Å². The first-order valence-electron chi connectivity index (χ1n) is 7.06. The second-order valence-electron chi connectivity index (χ2n) is 5.53. The molecule has 1 aromatic rings. The second-order valence-corrected chi connectivity index (χ2v) is 8.80. The molecular weight excluding hydrogens is 360 g/mol. The summed E-state index contributed by atoms with van der Waals surface area (Å²) in [6, 6.07) is 4.34. The molecule has 0 bridgehead atoms. The summed E-state index contributed by atoms with van der Waals surface area (Å²) >= 11 is 6.88. The Kier molecular flexibility index (Phi) is 4.43. The molecule has 23 heavy (non-hydrogen) atoms. The molecule has 2 aliphatic rings. The van der Waals surface area contributed by atoms with Gasteiger partial charge in [-0.25, -0.2) is 8.42 Å². The predicted molar refractivity (Wildman–Crippen MR) is 88.1 cm³/mol. The van der Waals surface area contributed by atoms with Gasteiger partial charge in [0.25, 0.3) is 5.24 Å². The molecule has 0 saturated carbocycles. The number of sulfonamides is 1. The summed E-state index contributed by atoms with van der Waals surface area (Å²) in [5.74, 6) is -0.113. The average molecular weight is 375 g/mol. The van der Waals surface area contributed by atoms with Crippen molar-refractivity contribution < 1.29 is 18.0 Å². The van der Waals surface area contributed by atoms with Crippen molar-refractivity contribution in [2.24, 2.45) is 0 Å². The molecular formula is C14H15ClN2O4S2. The molecule has 0 radical (unpaired) electrons. The third-order valence-corrected chi connectivity index (χ3v) is 7.12. The number of aryl methyl sites for hydroxylation is 1. The van der Waals surface area contributed by atoms with Crippen molar-refractivity contribution >= 4 is 44.5 Å². The fourth-order valence-corrected chi connectivity index (χ4v) is 5.60. The van der Waals surface area contributed by atoms with Crippen LogP contribution in [0.1, 0.15) is 12.0 Å². The lowest BCUT2D eigenvalue weighted by Gasteiger charge is -2.22. The van der Waals surface area contributed by atoms with Gasteiger partial charge < -0.3 is 0 Å². The highest BCUT2D eigenvalue weighted by Crippen LogP contribution is 2.30. The summed E-state index contributed by atoms with van der Waals surface area (Å²) in [4.78, 5) is 24.9. The Morgan fingerprint density at radius 2 is 2.04 bits per heavy atom. The van der Waals surface area contributed by atoms with Crippen LogP contribution in [0.2, 0.25) is 5.02 Å². The van der Waals surface area contributed by atoms with Gasteiger partial charge in [0.2, 0.25) is 15.9 Å². The van der Waals surface area contributed by atoms with Gasteiger partial charge in [-0.05, 0) is 31.0 Å². The Balaban J connectivity index is 1.84. The fourth-order valence-electron chi connectivity index (χ4n) is 2.85. The minimum atomic E-state index is -3.70. The number of nitrogens with zero attached hydrogens (tertiary/aromatic N) is 2. The minimum Gasteiger partial charge on any atom is -0.273 e. The first-order valence-corrected chi connectivity index (χ1v) is 9.86. The highest BCUT2D eigenvalue weighted by atomic mass is 35.5. The molecule has 2 heterocycles. The molecule has 0 N–H and O–H groups in total. The van der Waals surface area contributed by atoms with Crippen molar-refractivity contribution in [3.63, 3.8) is 0 Å². The molecule has 2 amide bonds. The Morgan fingerprint density at radius 1 is 1.30 bits per heavy atom. The number of hydrogen-bond donors (Lipinski definition) is 0. The van der Waals surface area contributed by atoms with Crippen LogP contribution in [0.3, 0.4) is 0 Å².